The van der Waals surface area contributed by atoms with Gasteiger partial charge >= 0.3 is 0 Å². The van der Waals surface area contributed by atoms with E-state index < -0.39 is 0 Å². The highest BCUT2D eigenvalue weighted by molar-refractivity contribution is 5.17. The second-order valence-electron chi connectivity index (χ2n) is 4.38. The molecule has 1 aromatic carbocycles. The Labute approximate surface area is 92.0 Å². The lowest BCUT2D eigenvalue weighted by Gasteiger charge is -2.18. The Balaban J connectivity index is 1.84. The largest absolute Gasteiger partial charge is 0.327 e. The Morgan fingerprint density at radius 2 is 1.93 bits per heavy atom. The minimum Gasteiger partial charge on any atom is -0.327 e. The van der Waals surface area contributed by atoms with Gasteiger partial charge in [-0.1, -0.05) is 42.0 Å². The van der Waals surface area contributed by atoms with Gasteiger partial charge in [0.15, 0.2) is 0 Å². The summed E-state index contributed by atoms with van der Waals surface area (Å²) in [5, 5.41) is 0. The van der Waals surface area contributed by atoms with E-state index in [0.717, 1.165) is 6.42 Å². The van der Waals surface area contributed by atoms with Crippen LogP contribution in [-0.2, 0) is 6.42 Å². The highest BCUT2D eigenvalue weighted by Gasteiger charge is 2.09. The van der Waals surface area contributed by atoms with Gasteiger partial charge in [-0.05, 0) is 37.7 Å². The fourth-order valence-corrected chi connectivity index (χ4v) is 2.09. The van der Waals surface area contributed by atoms with E-state index in [-0.39, 0.29) is 0 Å². The van der Waals surface area contributed by atoms with Gasteiger partial charge in [-0.3, -0.25) is 0 Å². The Morgan fingerprint density at radius 3 is 2.60 bits per heavy atom. The molecule has 0 radical (unpaired) electrons. The van der Waals surface area contributed by atoms with Crippen molar-refractivity contribution in [1.29, 1.82) is 0 Å². The summed E-state index contributed by atoms with van der Waals surface area (Å²) in [5.74, 6) is 0. The molecule has 1 heteroatoms. The summed E-state index contributed by atoms with van der Waals surface area (Å²) >= 11 is 0. The molecule has 1 atom stereocenters. The number of hydrogen-bond acceptors (Lipinski definition) is 1. The predicted molar refractivity (Wildman–Crippen MR) is 64.7 cm³/mol. The molecule has 1 unspecified atom stereocenters. The van der Waals surface area contributed by atoms with E-state index in [4.69, 9.17) is 5.73 Å². The molecule has 80 valence electrons. The standard InChI is InChI=1S/C14H19N/c15-14-10-8-13(9-11-14)7-6-12-4-2-1-3-5-12/h1-5,8,14H,6-7,9-11,15H2. The first-order valence-corrected chi connectivity index (χ1v) is 5.82. The fourth-order valence-electron chi connectivity index (χ4n) is 2.09. The van der Waals surface area contributed by atoms with Crippen molar-refractivity contribution in [2.45, 2.75) is 38.1 Å². The van der Waals surface area contributed by atoms with Gasteiger partial charge in [-0.15, -0.1) is 0 Å². The fraction of sp³-hybridized carbons (Fsp3) is 0.429. The van der Waals surface area contributed by atoms with Gasteiger partial charge in [-0.25, -0.2) is 0 Å². The quantitative estimate of drug-likeness (QED) is 0.747. The molecule has 1 aliphatic carbocycles. The van der Waals surface area contributed by atoms with Crippen LogP contribution in [0.2, 0.25) is 0 Å². The van der Waals surface area contributed by atoms with Crippen molar-refractivity contribution in [3.63, 3.8) is 0 Å². The van der Waals surface area contributed by atoms with Crippen LogP contribution in [0.4, 0.5) is 0 Å². The summed E-state index contributed by atoms with van der Waals surface area (Å²) in [4.78, 5) is 0. The smallest absolute Gasteiger partial charge is 0.00765 e. The highest BCUT2D eigenvalue weighted by Crippen LogP contribution is 2.21. The summed E-state index contributed by atoms with van der Waals surface area (Å²) in [5.41, 5.74) is 8.90. The Morgan fingerprint density at radius 1 is 1.13 bits per heavy atom. The Hall–Kier alpha value is -1.08. The third-order valence-electron chi connectivity index (χ3n) is 3.12. The van der Waals surface area contributed by atoms with Crippen molar-refractivity contribution in [3.05, 3.63) is 47.5 Å². The zero-order valence-corrected chi connectivity index (χ0v) is 9.15. The minimum absolute atomic E-state index is 0.408. The van der Waals surface area contributed by atoms with Crippen LogP contribution in [-0.4, -0.2) is 6.04 Å². The van der Waals surface area contributed by atoms with Crippen molar-refractivity contribution in [2.24, 2.45) is 5.73 Å². The van der Waals surface area contributed by atoms with E-state index in [9.17, 15) is 0 Å². The van der Waals surface area contributed by atoms with E-state index in [0.29, 0.717) is 6.04 Å². The molecule has 0 spiro atoms. The van der Waals surface area contributed by atoms with E-state index in [1.165, 1.54) is 31.2 Å². The van der Waals surface area contributed by atoms with Gasteiger partial charge in [0.1, 0.15) is 0 Å². The van der Waals surface area contributed by atoms with Crippen LogP contribution in [0.15, 0.2) is 42.0 Å². The van der Waals surface area contributed by atoms with E-state index in [2.05, 4.69) is 36.4 Å². The summed E-state index contributed by atoms with van der Waals surface area (Å²) in [7, 11) is 0. The van der Waals surface area contributed by atoms with Gasteiger partial charge in [-0.2, -0.15) is 0 Å². The zero-order valence-electron chi connectivity index (χ0n) is 9.15. The first-order chi connectivity index (χ1) is 7.34. The summed E-state index contributed by atoms with van der Waals surface area (Å²) in [6.45, 7) is 0. The molecule has 2 rings (SSSR count). The minimum atomic E-state index is 0.408. The molecule has 2 N–H and O–H groups in total. The van der Waals surface area contributed by atoms with Crippen LogP contribution in [0.5, 0.6) is 0 Å². The molecule has 0 saturated heterocycles. The van der Waals surface area contributed by atoms with Crippen LogP contribution in [0.1, 0.15) is 31.2 Å². The lowest BCUT2D eigenvalue weighted by molar-refractivity contribution is 0.577. The number of allylic oxidation sites excluding steroid dienone is 1. The maximum atomic E-state index is 5.86. The van der Waals surface area contributed by atoms with Crippen molar-refractivity contribution in [3.8, 4) is 0 Å². The molecular formula is C14H19N. The third-order valence-corrected chi connectivity index (χ3v) is 3.12. The van der Waals surface area contributed by atoms with Gasteiger partial charge in [0.05, 0.1) is 0 Å². The number of rotatable bonds is 3. The topological polar surface area (TPSA) is 26.0 Å². The second-order valence-corrected chi connectivity index (χ2v) is 4.38. The van der Waals surface area contributed by atoms with Gasteiger partial charge < -0.3 is 5.73 Å². The normalized spacial score (nSPS) is 21.1. The first-order valence-electron chi connectivity index (χ1n) is 5.82. The van der Waals surface area contributed by atoms with Crippen molar-refractivity contribution < 1.29 is 0 Å². The van der Waals surface area contributed by atoms with Gasteiger partial charge in [0.25, 0.3) is 0 Å². The Bertz CT molecular complexity index is 326. The van der Waals surface area contributed by atoms with Crippen LogP contribution >= 0.6 is 0 Å². The molecule has 0 bridgehead atoms. The van der Waals surface area contributed by atoms with Crippen molar-refractivity contribution in [2.75, 3.05) is 0 Å². The van der Waals surface area contributed by atoms with Crippen LogP contribution in [0.3, 0.4) is 0 Å². The molecule has 0 aromatic heterocycles. The summed E-state index contributed by atoms with van der Waals surface area (Å²) in [6, 6.07) is 11.1. The highest BCUT2D eigenvalue weighted by atomic mass is 14.6. The number of benzene rings is 1. The van der Waals surface area contributed by atoms with Crippen LogP contribution < -0.4 is 5.73 Å². The lowest BCUT2D eigenvalue weighted by atomic mass is 9.92. The molecule has 0 aliphatic heterocycles. The second kappa shape index (κ2) is 5.13. The maximum Gasteiger partial charge on any atom is 0.00765 e. The molecule has 0 saturated carbocycles. The number of hydrogen-bond donors (Lipinski definition) is 1. The average molecular weight is 201 g/mol. The molecule has 0 amide bonds. The monoisotopic (exact) mass is 201 g/mol. The maximum absolute atomic E-state index is 5.86. The molecule has 1 aromatic rings. The van der Waals surface area contributed by atoms with E-state index in [1.54, 1.807) is 5.57 Å². The molecule has 0 heterocycles. The first kappa shape index (κ1) is 10.4. The molecule has 1 nitrogen and oxygen atoms in total. The Kier molecular flexibility index (Phi) is 3.57. The SMILES string of the molecule is NC1CC=C(CCc2ccccc2)CC1. The van der Waals surface area contributed by atoms with Gasteiger partial charge in [0.2, 0.25) is 0 Å². The third kappa shape index (κ3) is 3.21. The summed E-state index contributed by atoms with van der Waals surface area (Å²) < 4.78 is 0. The van der Waals surface area contributed by atoms with Crippen LogP contribution in [0, 0.1) is 0 Å². The average Bonchev–Trinajstić information content (AvgIpc) is 2.30. The number of aryl methyl sites for hydroxylation is 1. The summed E-state index contributed by atoms with van der Waals surface area (Å²) in [6.07, 6.45) is 8.16. The van der Waals surface area contributed by atoms with Gasteiger partial charge in [0, 0.05) is 6.04 Å². The predicted octanol–water partition coefficient (Wildman–Crippen LogP) is 3.06. The van der Waals surface area contributed by atoms with E-state index in [1.807, 2.05) is 0 Å². The van der Waals surface area contributed by atoms with Crippen molar-refractivity contribution in [1.82, 2.24) is 0 Å². The lowest BCUT2D eigenvalue weighted by Crippen LogP contribution is -2.21. The van der Waals surface area contributed by atoms with Crippen LogP contribution in [0.25, 0.3) is 0 Å². The molecule has 0 fully saturated rings. The molecule has 1 aliphatic rings. The molecule has 15 heavy (non-hydrogen) atoms. The zero-order chi connectivity index (χ0) is 10.5. The number of nitrogens with two attached hydrogens (primary N) is 1. The van der Waals surface area contributed by atoms with E-state index >= 15 is 0 Å². The van der Waals surface area contributed by atoms with Crippen molar-refractivity contribution >= 4 is 0 Å². The molecular weight excluding hydrogens is 182 g/mol.